The van der Waals surface area contributed by atoms with Crippen molar-refractivity contribution in [2.75, 3.05) is 31.1 Å². The Labute approximate surface area is 130 Å². The zero-order valence-electron chi connectivity index (χ0n) is 12.6. The van der Waals surface area contributed by atoms with Gasteiger partial charge in [-0.2, -0.15) is 0 Å². The molecule has 0 unspecified atom stereocenters. The topological polar surface area (TPSA) is 69.2 Å². The smallest absolute Gasteiger partial charge is 0.139 e. The van der Waals surface area contributed by atoms with Gasteiger partial charge in [-0.1, -0.05) is 30.3 Å². The molecule has 5 nitrogen and oxygen atoms in total. The van der Waals surface area contributed by atoms with Gasteiger partial charge in [0.1, 0.15) is 11.7 Å². The van der Waals surface area contributed by atoms with Gasteiger partial charge in [0.25, 0.3) is 0 Å². The Bertz CT molecular complexity index is 633. The standard InChI is InChI=1S/C17H21N5/c18-16(19)15-7-4-8-20-17(15)22-11-9-21(10-12-22)13-14-5-2-1-3-6-14/h1-8H,9-13H2,(H3,18,19). The van der Waals surface area contributed by atoms with E-state index in [-0.39, 0.29) is 5.84 Å². The Kier molecular flexibility index (Phi) is 4.34. The average Bonchev–Trinajstić information content (AvgIpc) is 2.56. The van der Waals surface area contributed by atoms with Crippen LogP contribution in [-0.2, 0) is 6.54 Å². The molecule has 0 radical (unpaired) electrons. The second-order valence-corrected chi connectivity index (χ2v) is 5.54. The lowest BCUT2D eigenvalue weighted by molar-refractivity contribution is 0.249. The van der Waals surface area contributed by atoms with Crippen molar-refractivity contribution in [2.45, 2.75) is 6.54 Å². The maximum atomic E-state index is 7.68. The molecule has 5 heteroatoms. The number of hydrogen-bond donors (Lipinski definition) is 2. The zero-order valence-corrected chi connectivity index (χ0v) is 12.6. The van der Waals surface area contributed by atoms with Gasteiger partial charge in [-0.25, -0.2) is 4.98 Å². The van der Waals surface area contributed by atoms with Crippen molar-refractivity contribution in [2.24, 2.45) is 5.73 Å². The van der Waals surface area contributed by atoms with Crippen molar-refractivity contribution in [3.63, 3.8) is 0 Å². The van der Waals surface area contributed by atoms with E-state index in [1.165, 1.54) is 5.56 Å². The number of aromatic nitrogens is 1. The zero-order chi connectivity index (χ0) is 15.4. The summed E-state index contributed by atoms with van der Waals surface area (Å²) in [5, 5.41) is 7.68. The number of pyridine rings is 1. The molecular weight excluding hydrogens is 274 g/mol. The normalized spacial score (nSPS) is 15.7. The van der Waals surface area contributed by atoms with Crippen LogP contribution >= 0.6 is 0 Å². The second kappa shape index (κ2) is 6.58. The summed E-state index contributed by atoms with van der Waals surface area (Å²) in [7, 11) is 0. The van der Waals surface area contributed by atoms with Crippen molar-refractivity contribution >= 4 is 11.7 Å². The summed E-state index contributed by atoms with van der Waals surface area (Å²) in [6.45, 7) is 4.77. The number of rotatable bonds is 4. The lowest BCUT2D eigenvalue weighted by Gasteiger charge is -2.36. The third kappa shape index (κ3) is 3.26. The highest BCUT2D eigenvalue weighted by atomic mass is 15.3. The molecule has 1 aromatic carbocycles. The molecule has 22 heavy (non-hydrogen) atoms. The number of hydrogen-bond acceptors (Lipinski definition) is 4. The predicted octanol–water partition coefficient (Wildman–Crippen LogP) is 1.69. The van der Waals surface area contributed by atoms with Crippen molar-refractivity contribution in [3.8, 4) is 0 Å². The van der Waals surface area contributed by atoms with E-state index in [0.717, 1.165) is 44.1 Å². The number of benzene rings is 1. The van der Waals surface area contributed by atoms with Crippen LogP contribution in [0.25, 0.3) is 0 Å². The lowest BCUT2D eigenvalue weighted by Crippen LogP contribution is -2.46. The van der Waals surface area contributed by atoms with E-state index >= 15 is 0 Å². The summed E-state index contributed by atoms with van der Waals surface area (Å²) in [6, 6.07) is 14.2. The predicted molar refractivity (Wildman–Crippen MR) is 89.2 cm³/mol. The molecule has 114 valence electrons. The molecule has 0 atom stereocenters. The average molecular weight is 295 g/mol. The molecule has 0 aliphatic carbocycles. The van der Waals surface area contributed by atoms with Crippen LogP contribution in [0.2, 0.25) is 0 Å². The Morgan fingerprint density at radius 2 is 1.77 bits per heavy atom. The second-order valence-electron chi connectivity index (χ2n) is 5.54. The van der Waals surface area contributed by atoms with Crippen molar-refractivity contribution in [3.05, 3.63) is 59.8 Å². The molecule has 1 fully saturated rings. The van der Waals surface area contributed by atoms with Crippen LogP contribution in [0.15, 0.2) is 48.7 Å². The van der Waals surface area contributed by atoms with E-state index in [0.29, 0.717) is 0 Å². The minimum absolute atomic E-state index is 0.0785. The third-order valence-electron chi connectivity index (χ3n) is 4.00. The summed E-state index contributed by atoms with van der Waals surface area (Å²) in [5.41, 5.74) is 7.72. The molecule has 2 aromatic rings. The molecule has 0 bridgehead atoms. The quantitative estimate of drug-likeness (QED) is 0.665. The number of anilines is 1. The van der Waals surface area contributed by atoms with Crippen molar-refractivity contribution in [1.82, 2.24) is 9.88 Å². The van der Waals surface area contributed by atoms with Gasteiger partial charge in [0, 0.05) is 38.9 Å². The molecule has 1 aromatic heterocycles. The fourth-order valence-corrected chi connectivity index (χ4v) is 2.82. The molecule has 2 heterocycles. The molecule has 1 aliphatic heterocycles. The molecule has 0 spiro atoms. The van der Waals surface area contributed by atoms with Crippen molar-refractivity contribution in [1.29, 1.82) is 5.41 Å². The highest BCUT2D eigenvalue weighted by Gasteiger charge is 2.20. The van der Waals surface area contributed by atoms with Gasteiger partial charge in [-0.3, -0.25) is 10.3 Å². The maximum absolute atomic E-state index is 7.68. The largest absolute Gasteiger partial charge is 0.384 e. The Hall–Kier alpha value is -2.40. The number of amidine groups is 1. The summed E-state index contributed by atoms with van der Waals surface area (Å²) in [6.07, 6.45) is 1.76. The molecule has 3 N–H and O–H groups in total. The van der Waals surface area contributed by atoms with Crippen LogP contribution in [0.3, 0.4) is 0 Å². The molecule has 1 saturated heterocycles. The van der Waals surface area contributed by atoms with Crippen LogP contribution in [-0.4, -0.2) is 41.9 Å². The van der Waals surface area contributed by atoms with Gasteiger partial charge in [0.05, 0.1) is 5.56 Å². The van der Waals surface area contributed by atoms with Gasteiger partial charge < -0.3 is 10.6 Å². The fourth-order valence-electron chi connectivity index (χ4n) is 2.82. The Morgan fingerprint density at radius 1 is 1.05 bits per heavy atom. The van der Waals surface area contributed by atoms with Gasteiger partial charge in [-0.15, -0.1) is 0 Å². The maximum Gasteiger partial charge on any atom is 0.139 e. The Morgan fingerprint density at radius 3 is 2.45 bits per heavy atom. The van der Waals surface area contributed by atoms with Crippen LogP contribution in [0.1, 0.15) is 11.1 Å². The number of nitrogens with one attached hydrogen (secondary N) is 1. The Balaban J connectivity index is 1.64. The first-order chi connectivity index (χ1) is 10.7. The third-order valence-corrected chi connectivity index (χ3v) is 4.00. The highest BCUT2D eigenvalue weighted by molar-refractivity contribution is 5.99. The van der Waals surface area contributed by atoms with E-state index in [2.05, 4.69) is 39.0 Å². The number of nitrogens with zero attached hydrogens (tertiary/aromatic N) is 3. The van der Waals surface area contributed by atoms with Crippen LogP contribution in [0.4, 0.5) is 5.82 Å². The summed E-state index contributed by atoms with van der Waals surface area (Å²) >= 11 is 0. The number of nitrogens with two attached hydrogens (primary N) is 1. The minimum Gasteiger partial charge on any atom is -0.384 e. The van der Waals surface area contributed by atoms with E-state index in [4.69, 9.17) is 11.1 Å². The first-order valence-electron chi connectivity index (χ1n) is 7.54. The fraction of sp³-hybridized carbons (Fsp3) is 0.294. The first kappa shape index (κ1) is 14.5. The lowest BCUT2D eigenvalue weighted by atomic mass is 10.2. The van der Waals surface area contributed by atoms with E-state index in [9.17, 15) is 0 Å². The van der Waals surface area contributed by atoms with E-state index in [1.54, 1.807) is 6.20 Å². The molecule has 0 amide bonds. The first-order valence-corrected chi connectivity index (χ1v) is 7.54. The number of piperazine rings is 1. The van der Waals surface area contributed by atoms with Crippen molar-refractivity contribution < 1.29 is 0 Å². The van der Waals surface area contributed by atoms with Crippen LogP contribution in [0, 0.1) is 5.41 Å². The highest BCUT2D eigenvalue weighted by Crippen LogP contribution is 2.19. The van der Waals surface area contributed by atoms with Gasteiger partial charge in [0.15, 0.2) is 0 Å². The summed E-state index contributed by atoms with van der Waals surface area (Å²) in [5.74, 6) is 0.907. The van der Waals surface area contributed by atoms with E-state index in [1.807, 2.05) is 18.2 Å². The SMILES string of the molecule is N=C(N)c1cccnc1N1CCN(Cc2ccccc2)CC1. The van der Waals surface area contributed by atoms with Gasteiger partial charge in [-0.05, 0) is 17.7 Å². The molecular formula is C17H21N5. The van der Waals surface area contributed by atoms with Crippen LogP contribution in [0.5, 0.6) is 0 Å². The molecule has 0 saturated carbocycles. The van der Waals surface area contributed by atoms with Gasteiger partial charge >= 0.3 is 0 Å². The molecule has 1 aliphatic rings. The minimum atomic E-state index is 0.0785. The summed E-state index contributed by atoms with van der Waals surface area (Å²) in [4.78, 5) is 9.09. The number of nitrogen functional groups attached to an aromatic ring is 1. The van der Waals surface area contributed by atoms with Gasteiger partial charge in [0.2, 0.25) is 0 Å². The molecule has 3 rings (SSSR count). The van der Waals surface area contributed by atoms with E-state index < -0.39 is 0 Å². The van der Waals surface area contributed by atoms with Crippen LogP contribution < -0.4 is 10.6 Å². The monoisotopic (exact) mass is 295 g/mol. The summed E-state index contributed by atoms with van der Waals surface area (Å²) < 4.78 is 0.